The Morgan fingerprint density at radius 2 is 0.719 bits per heavy atom. The van der Waals surface area contributed by atoms with Gasteiger partial charge in [0, 0.05) is 57.9 Å². The summed E-state index contributed by atoms with van der Waals surface area (Å²) in [5.74, 6) is 0.640. The lowest BCUT2D eigenvalue weighted by Gasteiger charge is -2.14. The fourth-order valence-electron chi connectivity index (χ4n) is 5.03. The van der Waals surface area contributed by atoms with E-state index >= 15 is 0 Å². The molecule has 1 rings (SSSR count). The van der Waals surface area contributed by atoms with Crippen LogP contribution in [0.4, 0.5) is 14.4 Å². The van der Waals surface area contributed by atoms with Gasteiger partial charge in [-0.05, 0) is 75.5 Å². The highest BCUT2D eigenvalue weighted by Crippen LogP contribution is 2.04. The summed E-state index contributed by atoms with van der Waals surface area (Å²) in [6.07, 6.45) is 13.5. The number of oxime groups is 3. The largest absolute Gasteiger partial charge is 0.433 e. The fraction of sp³-hybridized carbons (Fsp3) is 0.769. The molecule has 0 aromatic carbocycles. The third kappa shape index (κ3) is 23.2. The highest BCUT2D eigenvalue weighted by Gasteiger charge is 2.15. The minimum absolute atomic E-state index is 0.157. The Morgan fingerprint density at radius 3 is 0.965 bits per heavy atom. The highest BCUT2D eigenvalue weighted by molar-refractivity contribution is 5.69. The summed E-state index contributed by atoms with van der Waals surface area (Å²) in [5, 5.41) is 19.0. The average molecular weight is 808 g/mol. The molecule has 1 aromatic rings. The molecular formula is C39H69N9O9. The zero-order chi connectivity index (χ0) is 42.3. The van der Waals surface area contributed by atoms with Crippen LogP contribution in [0.5, 0.6) is 0 Å². The number of hydrogen-bond donors (Lipinski definition) is 3. The van der Waals surface area contributed by atoms with Gasteiger partial charge in [-0.2, -0.15) is 0 Å². The minimum Gasteiger partial charge on any atom is -0.320 e. The van der Waals surface area contributed by atoms with Crippen LogP contribution >= 0.6 is 0 Å². The molecule has 3 amide bonds. The van der Waals surface area contributed by atoms with Crippen LogP contribution in [0.2, 0.25) is 0 Å². The Balaban J connectivity index is 2.73. The number of unbranched alkanes of at least 4 members (excludes halogenated alkanes) is 9. The van der Waals surface area contributed by atoms with E-state index in [-0.39, 0.29) is 37.4 Å². The van der Waals surface area contributed by atoms with Gasteiger partial charge >= 0.3 is 35.3 Å². The predicted octanol–water partition coefficient (Wildman–Crippen LogP) is 6.13. The summed E-state index contributed by atoms with van der Waals surface area (Å²) in [5.41, 5.74) is -1.88. The van der Waals surface area contributed by atoms with Gasteiger partial charge in [0.05, 0.1) is 0 Å². The summed E-state index contributed by atoms with van der Waals surface area (Å²) in [6.45, 7) is 13.6. The zero-order valence-electron chi connectivity index (χ0n) is 35.2. The Morgan fingerprint density at radius 1 is 0.474 bits per heavy atom. The second-order valence-corrected chi connectivity index (χ2v) is 14.4. The number of carbonyl (C=O) groups excluding carboxylic acids is 3. The molecule has 324 valence electrons. The van der Waals surface area contributed by atoms with Crippen molar-refractivity contribution < 1.29 is 28.9 Å². The van der Waals surface area contributed by atoms with E-state index in [1.807, 2.05) is 41.5 Å². The molecule has 0 aliphatic carbocycles. The van der Waals surface area contributed by atoms with E-state index in [1.54, 1.807) is 18.6 Å². The van der Waals surface area contributed by atoms with Crippen molar-refractivity contribution in [2.75, 3.05) is 19.6 Å². The molecule has 0 radical (unpaired) electrons. The predicted molar refractivity (Wildman–Crippen MR) is 222 cm³/mol. The molecule has 3 unspecified atom stereocenters. The van der Waals surface area contributed by atoms with E-state index in [9.17, 15) is 28.8 Å². The van der Waals surface area contributed by atoms with Gasteiger partial charge in [-0.1, -0.05) is 95.5 Å². The van der Waals surface area contributed by atoms with E-state index < -0.39 is 35.3 Å². The third-order valence-electron chi connectivity index (χ3n) is 9.40. The van der Waals surface area contributed by atoms with Crippen molar-refractivity contribution >= 4 is 36.9 Å². The molecular weight excluding hydrogens is 738 g/mol. The molecule has 1 aromatic heterocycles. The highest BCUT2D eigenvalue weighted by atomic mass is 16.7. The monoisotopic (exact) mass is 808 g/mol. The molecule has 18 heteroatoms. The number of carbonyl (C=O) groups is 3. The van der Waals surface area contributed by atoms with Crippen LogP contribution in [-0.2, 0) is 34.1 Å². The maximum atomic E-state index is 13.5. The summed E-state index contributed by atoms with van der Waals surface area (Å²) in [7, 11) is 0. The lowest BCUT2D eigenvalue weighted by molar-refractivity contribution is 0.149. The molecule has 0 bridgehead atoms. The molecule has 18 nitrogen and oxygen atoms in total. The lowest BCUT2D eigenvalue weighted by atomic mass is 10.1. The summed E-state index contributed by atoms with van der Waals surface area (Å²) < 4.78 is 3.43. The van der Waals surface area contributed by atoms with Gasteiger partial charge in [0.2, 0.25) is 0 Å². The van der Waals surface area contributed by atoms with Crippen LogP contribution < -0.4 is 33.0 Å². The molecule has 57 heavy (non-hydrogen) atoms. The topological polar surface area (TPSA) is 218 Å². The molecule has 3 atom stereocenters. The Hall–Kier alpha value is -4.77. The van der Waals surface area contributed by atoms with E-state index in [0.717, 1.165) is 52.2 Å². The van der Waals surface area contributed by atoms with E-state index in [4.69, 9.17) is 14.5 Å². The van der Waals surface area contributed by atoms with Crippen molar-refractivity contribution in [2.45, 2.75) is 157 Å². The van der Waals surface area contributed by atoms with E-state index in [1.165, 1.54) is 0 Å². The maximum absolute atomic E-state index is 13.5. The Kier molecular flexibility index (Phi) is 27.6. The molecule has 0 saturated carbocycles. The van der Waals surface area contributed by atoms with Crippen LogP contribution in [0.15, 0.2) is 29.9 Å². The minimum atomic E-state index is -0.627. The zero-order valence-corrected chi connectivity index (χ0v) is 35.2. The Bertz CT molecular complexity index is 1360. The summed E-state index contributed by atoms with van der Waals surface area (Å²) >= 11 is 0. The first-order valence-electron chi connectivity index (χ1n) is 20.8. The number of nitrogens with zero attached hydrogens (tertiary/aromatic N) is 6. The summed E-state index contributed by atoms with van der Waals surface area (Å²) in [4.78, 5) is 90.2. The van der Waals surface area contributed by atoms with Crippen LogP contribution in [0, 0.1) is 17.8 Å². The molecule has 0 fully saturated rings. The van der Waals surface area contributed by atoms with E-state index in [0.29, 0.717) is 77.4 Å². The van der Waals surface area contributed by atoms with Crippen molar-refractivity contribution in [3.63, 3.8) is 0 Å². The number of hydrogen-bond acceptors (Lipinski definition) is 12. The van der Waals surface area contributed by atoms with Gasteiger partial charge in [0.25, 0.3) is 0 Å². The first-order valence-corrected chi connectivity index (χ1v) is 20.8. The van der Waals surface area contributed by atoms with Crippen molar-refractivity contribution in [3.05, 3.63) is 31.5 Å². The normalized spacial score (nSPS) is 13.2. The van der Waals surface area contributed by atoms with Crippen molar-refractivity contribution in [2.24, 2.45) is 33.2 Å². The number of amides is 3. The van der Waals surface area contributed by atoms with Gasteiger partial charge in [0.1, 0.15) is 0 Å². The first-order chi connectivity index (χ1) is 27.4. The number of nitrogens with one attached hydrogen (secondary N) is 3. The molecule has 0 spiro atoms. The SMILES string of the molecule is CCC(C)C=NOC(=O)NCCCCCCn1c(=O)n(CCCCCCNC(=O)ON=CC(C)CC)c(=O)n(CCCCCCNC(=O)ON=CC(C)CC)c1=O. The van der Waals surface area contributed by atoms with Crippen molar-refractivity contribution in [3.8, 4) is 0 Å². The second kappa shape index (κ2) is 31.3. The van der Waals surface area contributed by atoms with Crippen molar-refractivity contribution in [1.82, 2.24) is 29.7 Å². The summed E-state index contributed by atoms with van der Waals surface area (Å²) in [6, 6.07) is 0. The number of rotatable bonds is 30. The Labute approximate surface area is 336 Å². The molecule has 0 aliphatic heterocycles. The smallest absolute Gasteiger partial charge is 0.320 e. The molecule has 3 N–H and O–H groups in total. The second-order valence-electron chi connectivity index (χ2n) is 14.4. The van der Waals surface area contributed by atoms with E-state index in [2.05, 4.69) is 31.4 Å². The van der Waals surface area contributed by atoms with Crippen molar-refractivity contribution in [1.29, 1.82) is 0 Å². The van der Waals surface area contributed by atoms with Crippen LogP contribution in [0.25, 0.3) is 0 Å². The van der Waals surface area contributed by atoms with Gasteiger partial charge in [-0.3, -0.25) is 14.5 Å². The van der Waals surface area contributed by atoms with Gasteiger partial charge < -0.3 is 16.0 Å². The maximum Gasteiger partial charge on any atom is 0.433 e. The molecule has 0 aliphatic rings. The standard InChI is InChI=1S/C39H69N9O9/c1-7-31(4)28-43-55-34(49)40-22-16-10-13-19-25-46-37(52)47(26-20-14-11-17-23-41-35(50)56-44-29-32(5)8-2)39(54)48(38(46)53)27-21-15-12-18-24-42-36(51)57-45-30-33(6)9-3/h28-33H,7-27H2,1-6H3,(H,40,49)(H,41,50)(H,42,51). The van der Waals surface area contributed by atoms with Gasteiger partial charge in [-0.25, -0.2) is 42.5 Å². The van der Waals surface area contributed by atoms with Gasteiger partial charge in [0.15, 0.2) is 0 Å². The fourth-order valence-corrected chi connectivity index (χ4v) is 5.03. The molecule has 0 saturated heterocycles. The number of aromatic nitrogens is 3. The lowest BCUT2D eigenvalue weighted by Crippen LogP contribution is -2.54. The van der Waals surface area contributed by atoms with Gasteiger partial charge in [-0.15, -0.1) is 0 Å². The third-order valence-corrected chi connectivity index (χ3v) is 9.40. The van der Waals surface area contributed by atoms with Crippen LogP contribution in [0.3, 0.4) is 0 Å². The first kappa shape index (κ1) is 50.2. The quantitative estimate of drug-likeness (QED) is 0.0352. The van der Waals surface area contributed by atoms with Crippen LogP contribution in [-0.4, -0.2) is 70.3 Å². The average Bonchev–Trinajstić information content (AvgIpc) is 3.19. The molecule has 1 heterocycles. The van der Waals surface area contributed by atoms with Crippen LogP contribution in [0.1, 0.15) is 138 Å².